The van der Waals surface area contributed by atoms with E-state index in [0.29, 0.717) is 13.2 Å². The minimum atomic E-state index is -10.7. The summed E-state index contributed by atoms with van der Waals surface area (Å²) in [5.74, 6) is 0.852. The molecular formula is C12H26F6N6O2P-. The van der Waals surface area contributed by atoms with Crippen LogP contribution in [0, 0.1) is 12.5 Å². The Hall–Kier alpha value is -2.13. The number of rotatable bonds is 4. The summed E-state index contributed by atoms with van der Waals surface area (Å²) in [6.45, 7) is 5.12. The van der Waals surface area contributed by atoms with Gasteiger partial charge < -0.3 is 9.47 Å². The molecule has 8 nitrogen and oxygen atoms in total. The van der Waals surface area contributed by atoms with Gasteiger partial charge in [0.25, 0.3) is 0 Å². The van der Waals surface area contributed by atoms with Crippen molar-refractivity contribution in [1.82, 2.24) is 21.0 Å². The van der Waals surface area contributed by atoms with Gasteiger partial charge in [-0.1, -0.05) is 11.6 Å². The van der Waals surface area contributed by atoms with E-state index < -0.39 is 7.81 Å². The molecule has 0 aromatic rings. The van der Waals surface area contributed by atoms with Gasteiger partial charge in [0.1, 0.15) is 6.11 Å². The Bertz CT molecular complexity index is 482. The van der Waals surface area contributed by atoms with Crippen molar-refractivity contribution in [3.8, 4) is 12.5 Å². The summed E-state index contributed by atoms with van der Waals surface area (Å²) in [6.07, 6.45) is 8.58. The topological polar surface area (TPSA) is 73.7 Å². The average molecular weight is 431 g/mol. The predicted molar refractivity (Wildman–Crippen MR) is 92.2 cm³/mol. The number of hydrogen-bond acceptors (Lipinski definition) is 7. The second-order valence-electron chi connectivity index (χ2n) is 4.20. The second-order valence-corrected chi connectivity index (χ2v) is 6.12. The van der Waals surface area contributed by atoms with E-state index in [1.807, 2.05) is 50.3 Å². The third-order valence-corrected chi connectivity index (χ3v) is 1.66. The molecule has 0 fully saturated rings. The van der Waals surface area contributed by atoms with Crippen LogP contribution in [0.5, 0.6) is 0 Å². The number of hydrazine groups is 2. The van der Waals surface area contributed by atoms with Gasteiger partial charge in [-0.15, -0.1) is 5.53 Å². The van der Waals surface area contributed by atoms with Crippen LogP contribution in [-0.2, 0) is 9.47 Å². The third kappa shape index (κ3) is 40.1. The van der Waals surface area contributed by atoms with Gasteiger partial charge in [0.15, 0.2) is 0 Å². The summed E-state index contributed by atoms with van der Waals surface area (Å²) < 4.78 is 68.8. The summed E-state index contributed by atoms with van der Waals surface area (Å²) in [4.78, 5) is 0. The molecule has 0 atom stereocenters. The molecule has 0 aliphatic carbocycles. The predicted octanol–water partition coefficient (Wildman–Crippen LogP) is 4.32. The van der Waals surface area contributed by atoms with Gasteiger partial charge in [0, 0.05) is 21.1 Å². The standard InChI is InChI=1S/C6H13N3O.C4H6O.C2H7N3.F6P/c1-4-10-6-5-8(2)7-9(6)3;2*1-3-5-4-2;1-7(2,3,4,5)6/h5,7H,4H2,1-3H3;1H,4H2,2H3;1-2H3,(H,3,4);/q;;;-1. The molecule has 0 radical (unpaired) electrons. The molecule has 0 aromatic heterocycles. The molecule has 1 aliphatic heterocycles. The van der Waals surface area contributed by atoms with Crippen molar-refractivity contribution in [3.05, 3.63) is 12.1 Å². The molecule has 1 aliphatic rings. The van der Waals surface area contributed by atoms with E-state index in [9.17, 15) is 25.2 Å². The number of hydrogen-bond donors (Lipinski definition) is 2. The maximum atomic E-state index is 9.87. The van der Waals surface area contributed by atoms with E-state index in [1.165, 1.54) is 0 Å². The molecule has 0 aromatic carbocycles. The molecule has 1 heterocycles. The van der Waals surface area contributed by atoms with E-state index in [4.69, 9.17) is 4.74 Å². The van der Waals surface area contributed by atoms with E-state index in [-0.39, 0.29) is 0 Å². The first-order valence-electron chi connectivity index (χ1n) is 7.19. The zero-order valence-corrected chi connectivity index (χ0v) is 16.8. The Morgan fingerprint density at radius 2 is 1.67 bits per heavy atom. The molecule has 0 saturated heterocycles. The zero-order chi connectivity index (χ0) is 22.2. The van der Waals surface area contributed by atoms with Crippen LogP contribution < -0.4 is 11.0 Å². The number of halogens is 6. The van der Waals surface area contributed by atoms with Crippen molar-refractivity contribution >= 4 is 7.81 Å². The fraction of sp³-hybridized carbons (Fsp3) is 0.667. The van der Waals surface area contributed by atoms with Gasteiger partial charge in [-0.05, 0) is 13.8 Å². The van der Waals surface area contributed by atoms with Crippen LogP contribution in [0.1, 0.15) is 13.8 Å². The van der Waals surface area contributed by atoms with E-state index in [1.54, 1.807) is 14.1 Å². The summed E-state index contributed by atoms with van der Waals surface area (Å²) in [5.41, 5.74) is 5.48. The van der Waals surface area contributed by atoms with Crippen molar-refractivity contribution in [3.63, 3.8) is 0 Å². The number of nitrogens with zero attached hydrogens (tertiary/aromatic N) is 4. The monoisotopic (exact) mass is 431 g/mol. The van der Waals surface area contributed by atoms with Crippen molar-refractivity contribution in [2.24, 2.45) is 10.3 Å². The molecule has 0 saturated carbocycles. The van der Waals surface area contributed by atoms with Crippen LogP contribution in [0.2, 0.25) is 0 Å². The van der Waals surface area contributed by atoms with Gasteiger partial charge in [0.2, 0.25) is 5.88 Å². The van der Waals surface area contributed by atoms with Crippen LogP contribution in [0.15, 0.2) is 22.4 Å². The van der Waals surface area contributed by atoms with Crippen LogP contribution >= 0.6 is 7.81 Å². The Kier molecular flexibility index (Phi) is 13.5. The summed E-state index contributed by atoms with van der Waals surface area (Å²) in [7, 11) is -3.52. The normalized spacial score (nSPS) is 15.3. The van der Waals surface area contributed by atoms with Gasteiger partial charge in [0.05, 0.1) is 26.5 Å². The molecule has 164 valence electrons. The van der Waals surface area contributed by atoms with Gasteiger partial charge in [-0.2, -0.15) is 5.11 Å². The first-order valence-corrected chi connectivity index (χ1v) is 9.21. The van der Waals surface area contributed by atoms with Crippen molar-refractivity contribution in [1.29, 1.82) is 0 Å². The van der Waals surface area contributed by atoms with Crippen LogP contribution in [0.4, 0.5) is 25.2 Å². The number of nitrogens with one attached hydrogen (secondary N) is 2. The molecular weight excluding hydrogens is 405 g/mol. The minimum absolute atomic E-state index is 0.608. The fourth-order valence-electron chi connectivity index (χ4n) is 1.03. The number of ether oxygens (including phenoxy) is 2. The van der Waals surface area contributed by atoms with Gasteiger partial charge >= 0.3 is 33.0 Å². The summed E-state index contributed by atoms with van der Waals surface area (Å²) in [6, 6.07) is 0. The molecule has 0 unspecified atom stereocenters. The molecule has 1 rings (SSSR count). The Labute approximate surface area is 154 Å². The maximum absolute atomic E-state index is 10.7. The van der Waals surface area contributed by atoms with E-state index in [0.717, 1.165) is 5.88 Å². The molecule has 15 heteroatoms. The quantitative estimate of drug-likeness (QED) is 0.227. The Morgan fingerprint density at radius 1 is 1.19 bits per heavy atom. The van der Waals surface area contributed by atoms with Crippen molar-refractivity contribution < 1.29 is 34.7 Å². The second kappa shape index (κ2) is 12.3. The average Bonchev–Trinajstić information content (AvgIpc) is 2.77. The van der Waals surface area contributed by atoms with Crippen molar-refractivity contribution in [2.45, 2.75) is 13.8 Å². The Balaban J connectivity index is -0.000000300. The first-order chi connectivity index (χ1) is 12.0. The summed E-state index contributed by atoms with van der Waals surface area (Å²) in [5, 5.41) is 10.4. The van der Waals surface area contributed by atoms with Crippen LogP contribution in [0.3, 0.4) is 0 Å². The van der Waals surface area contributed by atoms with E-state index >= 15 is 0 Å². The Morgan fingerprint density at radius 3 is 1.81 bits per heavy atom. The summed E-state index contributed by atoms with van der Waals surface area (Å²) >= 11 is 0. The van der Waals surface area contributed by atoms with Crippen molar-refractivity contribution in [2.75, 3.05) is 41.4 Å². The fourth-order valence-corrected chi connectivity index (χ4v) is 1.03. The third-order valence-electron chi connectivity index (χ3n) is 1.66. The molecule has 0 spiro atoms. The molecule has 2 N–H and O–H groups in total. The SMILES string of the molecule is C#COCC.CCOC1=CN(C)NN1C.CN=NNC.F[P-](F)(F)(F)(F)F. The van der Waals surface area contributed by atoms with Crippen LogP contribution in [0.25, 0.3) is 0 Å². The molecule has 0 amide bonds. The molecule has 0 bridgehead atoms. The van der Waals surface area contributed by atoms with Gasteiger partial charge in [-0.25, -0.2) is 0 Å². The first kappa shape index (κ1) is 29.6. The van der Waals surface area contributed by atoms with Gasteiger partial charge in [-0.3, -0.25) is 15.4 Å². The number of terminal acetylenes is 1. The molecule has 27 heavy (non-hydrogen) atoms. The van der Waals surface area contributed by atoms with E-state index in [2.05, 4.69) is 32.5 Å². The van der Waals surface area contributed by atoms with Crippen LogP contribution in [-0.4, -0.2) is 51.4 Å². The zero-order valence-electron chi connectivity index (χ0n) is 15.9.